The largest absolute Gasteiger partial charge is 0.370 e. The first kappa shape index (κ1) is 54.6. The van der Waals surface area contributed by atoms with Crippen LogP contribution in [0.25, 0.3) is 10.9 Å². The van der Waals surface area contributed by atoms with Gasteiger partial charge in [0.1, 0.15) is 42.0 Å². The molecule has 2 saturated heterocycles. The van der Waals surface area contributed by atoms with Crippen molar-refractivity contribution in [1.29, 1.82) is 0 Å². The van der Waals surface area contributed by atoms with Crippen LogP contribution in [0, 0.1) is 0 Å². The highest BCUT2D eigenvalue weighted by Gasteiger charge is 2.38. The number of guanidine groups is 1. The monoisotopic (exact) mass is 1000 g/mol. The Kier molecular flexibility index (Phi) is 19.9. The van der Waals surface area contributed by atoms with E-state index in [2.05, 4.69) is 46.9 Å². The zero-order valence-electron chi connectivity index (χ0n) is 41.5. The van der Waals surface area contributed by atoms with Crippen LogP contribution in [0.2, 0.25) is 0 Å². The minimum absolute atomic E-state index is 0.0399. The predicted octanol–water partition coefficient (Wildman–Crippen LogP) is 1.19. The van der Waals surface area contributed by atoms with Crippen LogP contribution in [-0.2, 0) is 56.0 Å². The van der Waals surface area contributed by atoms with Crippen LogP contribution in [0.5, 0.6) is 0 Å². The summed E-state index contributed by atoms with van der Waals surface area (Å²) in [5.41, 5.74) is 13.8. The predicted molar refractivity (Wildman–Crippen MR) is 273 cm³/mol. The number of rotatable bonds is 13. The summed E-state index contributed by atoms with van der Waals surface area (Å²) < 4.78 is 0. The minimum atomic E-state index is -1.35. The van der Waals surface area contributed by atoms with Crippen LogP contribution in [0.3, 0.4) is 0 Å². The lowest BCUT2D eigenvalue weighted by Gasteiger charge is -2.30. The van der Waals surface area contributed by atoms with Crippen molar-refractivity contribution >= 4 is 76.0 Å². The SMILES string of the molecule is CC(=O)N[C@H]1CCCCC(=O)CC[C@@H](C(=O)N2CCC[C@H]2C(C)=O)NC(=O)[C@H](Cc2c[nH]c3ccccc23)NC(=O)[C@H](CCCN=C(N)N)NC(=O)[C@@H](Cc2ccccc2)NC(=O)[C@H](CC2=CCC=N2)NC1=O. The van der Waals surface area contributed by atoms with Crippen molar-refractivity contribution in [2.24, 2.45) is 21.5 Å². The average Bonchev–Trinajstić information content (AvgIpc) is 4.16. The number of aliphatic imine (C=N–C) groups is 2. The maximum Gasteiger partial charge on any atom is 0.245 e. The smallest absolute Gasteiger partial charge is 0.245 e. The number of nitrogens with two attached hydrogens (primary N) is 2. The first-order valence-electron chi connectivity index (χ1n) is 25.0. The molecule has 0 unspecified atom stereocenters. The molecule has 21 nitrogen and oxygen atoms in total. The molecule has 0 saturated carbocycles. The second-order valence-electron chi connectivity index (χ2n) is 18.8. The number of allylic oxidation sites excluding steroid dienone is 1. The van der Waals surface area contributed by atoms with Gasteiger partial charge in [0.05, 0.1) is 6.04 Å². The Balaban J connectivity index is 1.39. The fourth-order valence-electron chi connectivity index (χ4n) is 9.41. The van der Waals surface area contributed by atoms with Crippen molar-refractivity contribution in [3.05, 3.63) is 83.7 Å². The normalized spacial score (nSPS) is 24.1. The third-order valence-corrected chi connectivity index (χ3v) is 13.2. The van der Waals surface area contributed by atoms with Gasteiger partial charge in [-0.2, -0.15) is 0 Å². The van der Waals surface area contributed by atoms with Crippen LogP contribution >= 0.6 is 0 Å². The number of fused-ring (bicyclic) bond motifs is 1. The van der Waals surface area contributed by atoms with Gasteiger partial charge in [-0.25, -0.2) is 0 Å². The third kappa shape index (κ3) is 16.1. The van der Waals surface area contributed by atoms with E-state index < -0.39 is 83.6 Å². The van der Waals surface area contributed by atoms with Gasteiger partial charge in [0.25, 0.3) is 0 Å². The molecule has 6 rings (SSSR count). The minimum Gasteiger partial charge on any atom is -0.370 e. The summed E-state index contributed by atoms with van der Waals surface area (Å²) in [5.74, 6) is -5.40. The molecule has 4 heterocycles. The maximum absolute atomic E-state index is 14.8. The molecule has 11 N–H and O–H groups in total. The number of amides is 7. The summed E-state index contributed by atoms with van der Waals surface area (Å²) in [6, 6.07) is 7.85. The number of aromatic amines is 1. The van der Waals surface area contributed by atoms with E-state index >= 15 is 0 Å². The molecule has 0 bridgehead atoms. The molecular formula is C52H68N12O9. The summed E-state index contributed by atoms with van der Waals surface area (Å²) in [4.78, 5) is 139. The van der Waals surface area contributed by atoms with Crippen LogP contribution in [0.4, 0.5) is 0 Å². The Labute approximate surface area is 424 Å². The lowest BCUT2D eigenvalue weighted by atomic mass is 9.99. The molecule has 3 aromatic rings. The van der Waals surface area contributed by atoms with Gasteiger partial charge in [-0.1, -0.05) is 61.0 Å². The highest BCUT2D eigenvalue weighted by Crippen LogP contribution is 2.23. The number of ketones is 2. The van der Waals surface area contributed by atoms with Gasteiger partial charge < -0.3 is 53.3 Å². The first-order chi connectivity index (χ1) is 35.1. The Morgan fingerprint density at radius 3 is 2.08 bits per heavy atom. The van der Waals surface area contributed by atoms with Crippen molar-refractivity contribution in [3.63, 3.8) is 0 Å². The Hall–Kier alpha value is -7.71. The Morgan fingerprint density at radius 1 is 0.726 bits per heavy atom. The van der Waals surface area contributed by atoms with Gasteiger partial charge in [0.2, 0.25) is 41.4 Å². The summed E-state index contributed by atoms with van der Waals surface area (Å²) in [5, 5.41) is 17.5. The van der Waals surface area contributed by atoms with Crippen molar-refractivity contribution in [2.75, 3.05) is 13.1 Å². The number of Topliss-reactive ketones (excluding diaryl/α,β-unsaturated/α-hetero) is 2. The van der Waals surface area contributed by atoms with Gasteiger partial charge in [0, 0.05) is 87.5 Å². The number of nitrogens with one attached hydrogen (secondary N) is 7. The molecule has 3 aliphatic heterocycles. The Morgan fingerprint density at radius 2 is 1.38 bits per heavy atom. The van der Waals surface area contributed by atoms with Crippen LogP contribution < -0.4 is 43.4 Å². The molecule has 73 heavy (non-hydrogen) atoms. The molecule has 1 aromatic heterocycles. The van der Waals surface area contributed by atoms with E-state index in [9.17, 15) is 43.2 Å². The number of aromatic nitrogens is 1. The van der Waals surface area contributed by atoms with Crippen molar-refractivity contribution in [1.82, 2.24) is 41.8 Å². The molecule has 3 aliphatic rings. The molecule has 2 fully saturated rings. The number of carbonyl (C=O) groups is 9. The number of para-hydroxylation sites is 1. The lowest BCUT2D eigenvalue weighted by Crippen LogP contribution is -2.60. The van der Waals surface area contributed by atoms with Gasteiger partial charge in [-0.05, 0) is 69.1 Å². The van der Waals surface area contributed by atoms with Crippen LogP contribution in [0.15, 0.2) is 82.6 Å². The van der Waals surface area contributed by atoms with Gasteiger partial charge in [-0.15, -0.1) is 0 Å². The van der Waals surface area contributed by atoms with E-state index in [4.69, 9.17) is 11.5 Å². The number of nitrogens with zero attached hydrogens (tertiary/aromatic N) is 3. The zero-order chi connectivity index (χ0) is 52.4. The molecule has 0 aliphatic carbocycles. The number of likely N-dealkylation sites (tertiary alicyclic amines) is 1. The second kappa shape index (κ2) is 26.7. The molecular weight excluding hydrogens is 937 g/mol. The Bertz CT molecular complexity index is 2590. The van der Waals surface area contributed by atoms with Gasteiger partial charge >= 0.3 is 0 Å². The van der Waals surface area contributed by atoms with Crippen molar-refractivity contribution < 1.29 is 43.2 Å². The third-order valence-electron chi connectivity index (χ3n) is 13.2. The maximum atomic E-state index is 14.8. The second-order valence-corrected chi connectivity index (χ2v) is 18.8. The quantitative estimate of drug-likeness (QED) is 0.0666. The van der Waals surface area contributed by atoms with E-state index in [1.165, 1.54) is 18.7 Å². The van der Waals surface area contributed by atoms with E-state index in [-0.39, 0.29) is 88.4 Å². The molecule has 7 atom stereocenters. The van der Waals surface area contributed by atoms with Gasteiger partial charge in [-0.3, -0.25) is 53.1 Å². The fraction of sp³-hybridized carbons (Fsp3) is 0.481. The summed E-state index contributed by atoms with van der Waals surface area (Å²) in [7, 11) is 0. The fourth-order valence-corrected chi connectivity index (χ4v) is 9.41. The van der Waals surface area contributed by atoms with E-state index in [0.29, 0.717) is 48.9 Å². The van der Waals surface area contributed by atoms with Crippen LogP contribution in [-0.4, -0.2) is 130 Å². The lowest BCUT2D eigenvalue weighted by molar-refractivity contribution is -0.141. The number of hydrogen-bond acceptors (Lipinski definition) is 11. The van der Waals surface area contributed by atoms with E-state index in [1.54, 1.807) is 48.8 Å². The van der Waals surface area contributed by atoms with E-state index in [1.807, 2.05) is 24.3 Å². The molecule has 0 spiro atoms. The first-order valence-corrected chi connectivity index (χ1v) is 25.0. The van der Waals surface area contributed by atoms with Crippen molar-refractivity contribution in [2.45, 2.75) is 146 Å². The highest BCUT2D eigenvalue weighted by atomic mass is 16.2. The molecule has 390 valence electrons. The van der Waals surface area contributed by atoms with Gasteiger partial charge in [0.15, 0.2) is 11.7 Å². The number of carbonyl (C=O) groups excluding carboxylic acids is 9. The number of benzene rings is 2. The molecule has 0 radical (unpaired) electrons. The molecule has 21 heteroatoms. The number of H-pyrrole nitrogens is 1. The molecule has 2 aromatic carbocycles. The summed E-state index contributed by atoms with van der Waals surface area (Å²) in [6.45, 7) is 3.00. The zero-order valence-corrected chi connectivity index (χ0v) is 41.5. The van der Waals surface area contributed by atoms with Crippen LogP contribution in [0.1, 0.15) is 102 Å². The summed E-state index contributed by atoms with van der Waals surface area (Å²) in [6.07, 6.45) is 7.17. The topological polar surface area (TPSA) is 322 Å². The number of hydrogen-bond donors (Lipinski definition) is 9. The van der Waals surface area contributed by atoms with Crippen molar-refractivity contribution in [3.8, 4) is 0 Å². The summed E-state index contributed by atoms with van der Waals surface area (Å²) >= 11 is 0. The molecule has 7 amide bonds. The average molecular weight is 1010 g/mol. The standard InChI is InChI=1S/C52H68N12O9/c1-31(65)45-21-12-26-64(45)51(73)41-23-22-36(67)16-6-8-19-39(58-32(2)66)46(68)63-44(29-35-15-10-24-55-35)50(72)61-42(27-33-13-4-3-5-14-33)48(70)59-40(20-11-25-56-52(53)54)47(69)62-43(49(71)60-41)28-34-30-57-38-18-9-7-17-37(34)38/h3-5,7,9,13-15,17-18,24,30,39-45,57H,6,8,10-12,16,19-23,25-29H2,1-2H3,(H,58,66)(H,59,70)(H,60,71)(H,61,72)(H,62,69)(H,63,68)(H4,53,54,56)/t39-,40-,41-,42+,43-,44-,45-/m0/s1. The van der Waals surface area contributed by atoms with E-state index in [0.717, 1.165) is 10.9 Å². The highest BCUT2D eigenvalue weighted by molar-refractivity contribution is 5.98.